The van der Waals surface area contributed by atoms with E-state index in [-0.39, 0.29) is 36.0 Å². The topological polar surface area (TPSA) is 77.4 Å². The van der Waals surface area contributed by atoms with Crippen LogP contribution in [0.3, 0.4) is 0 Å². The molecule has 0 radical (unpaired) electrons. The molecular weight excluding hydrogens is 483 g/mol. The zero-order chi connectivity index (χ0) is 19.9. The molecule has 2 atom stereocenters. The number of amides is 1. The molecular formula is C21H33IN4O3. The lowest BCUT2D eigenvalue weighted by Crippen LogP contribution is -2.55. The molecule has 2 unspecified atom stereocenters. The third-order valence-corrected chi connectivity index (χ3v) is 5.31. The highest BCUT2D eigenvalue weighted by Gasteiger charge is 2.30. The first-order chi connectivity index (χ1) is 13.6. The van der Waals surface area contributed by atoms with Gasteiger partial charge < -0.3 is 25.0 Å². The zero-order valence-electron chi connectivity index (χ0n) is 17.3. The molecule has 0 aliphatic carbocycles. The van der Waals surface area contributed by atoms with Crippen molar-refractivity contribution in [2.75, 3.05) is 45.9 Å². The maximum Gasteiger partial charge on any atom is 0.251 e. The molecule has 2 aliphatic heterocycles. The number of carbonyl (C=O) groups excluding carboxylic acids is 1. The summed E-state index contributed by atoms with van der Waals surface area (Å²) in [7, 11) is 0. The Morgan fingerprint density at radius 3 is 2.48 bits per heavy atom. The van der Waals surface area contributed by atoms with Crippen LogP contribution in [0, 0.1) is 6.92 Å². The van der Waals surface area contributed by atoms with Gasteiger partial charge in [0, 0.05) is 39.3 Å². The summed E-state index contributed by atoms with van der Waals surface area (Å²) in [6.07, 6.45) is 0.923. The Hall–Kier alpha value is -1.39. The maximum atomic E-state index is 12.5. The zero-order valence-corrected chi connectivity index (χ0v) is 19.7. The van der Waals surface area contributed by atoms with Crippen LogP contribution < -0.4 is 5.32 Å². The lowest BCUT2D eigenvalue weighted by atomic mass is 10.1. The number of ether oxygens (including phenoxy) is 1. The van der Waals surface area contributed by atoms with Crippen LogP contribution in [-0.4, -0.2) is 78.8 Å². The van der Waals surface area contributed by atoms with Crippen molar-refractivity contribution in [1.82, 2.24) is 15.1 Å². The van der Waals surface area contributed by atoms with E-state index in [0.717, 1.165) is 44.0 Å². The number of rotatable bonds is 5. The van der Waals surface area contributed by atoms with Gasteiger partial charge in [-0.05, 0) is 32.3 Å². The summed E-state index contributed by atoms with van der Waals surface area (Å²) >= 11 is 0. The molecule has 1 amide bonds. The van der Waals surface area contributed by atoms with Gasteiger partial charge in [-0.2, -0.15) is 0 Å². The first kappa shape index (κ1) is 23.9. The van der Waals surface area contributed by atoms with Crippen molar-refractivity contribution in [3.05, 3.63) is 35.4 Å². The monoisotopic (exact) mass is 516 g/mol. The SMILES string of the molecule is CCNC(=NCC(O)c1ccc(C)cc1)N1CCN(C(=O)C2CCCO2)CC1.I. The number of hydrogen-bond donors (Lipinski definition) is 2. The van der Waals surface area contributed by atoms with E-state index in [2.05, 4.69) is 15.2 Å². The average molecular weight is 516 g/mol. The van der Waals surface area contributed by atoms with E-state index in [1.807, 2.05) is 43.0 Å². The molecule has 2 fully saturated rings. The molecule has 0 saturated carbocycles. The Labute approximate surface area is 190 Å². The van der Waals surface area contributed by atoms with E-state index in [1.54, 1.807) is 0 Å². The van der Waals surface area contributed by atoms with Gasteiger partial charge in [0.05, 0.1) is 12.6 Å². The van der Waals surface area contributed by atoms with Crippen LogP contribution >= 0.6 is 24.0 Å². The lowest BCUT2D eigenvalue weighted by molar-refractivity contribution is -0.142. The molecule has 162 valence electrons. The summed E-state index contributed by atoms with van der Waals surface area (Å²) in [6.45, 7) is 8.61. The van der Waals surface area contributed by atoms with Gasteiger partial charge in [-0.15, -0.1) is 24.0 Å². The Kier molecular flexibility index (Phi) is 9.64. The maximum absolute atomic E-state index is 12.5. The molecule has 2 heterocycles. The van der Waals surface area contributed by atoms with Crippen LogP contribution in [0.4, 0.5) is 0 Å². The van der Waals surface area contributed by atoms with E-state index < -0.39 is 6.10 Å². The third-order valence-electron chi connectivity index (χ3n) is 5.31. The number of piperazine rings is 1. The second-order valence-corrected chi connectivity index (χ2v) is 7.44. The van der Waals surface area contributed by atoms with Crippen molar-refractivity contribution in [3.8, 4) is 0 Å². The number of benzene rings is 1. The number of nitrogens with one attached hydrogen (secondary N) is 1. The van der Waals surface area contributed by atoms with E-state index in [9.17, 15) is 9.90 Å². The number of aliphatic hydroxyl groups is 1. The largest absolute Gasteiger partial charge is 0.386 e. The Morgan fingerprint density at radius 2 is 1.90 bits per heavy atom. The molecule has 8 heteroatoms. The number of nitrogens with zero attached hydrogens (tertiary/aromatic N) is 3. The van der Waals surface area contributed by atoms with Gasteiger partial charge in [-0.3, -0.25) is 9.79 Å². The Morgan fingerprint density at radius 1 is 1.24 bits per heavy atom. The molecule has 0 spiro atoms. The molecule has 2 saturated heterocycles. The van der Waals surface area contributed by atoms with Crippen molar-refractivity contribution < 1.29 is 14.6 Å². The van der Waals surface area contributed by atoms with Gasteiger partial charge >= 0.3 is 0 Å². The number of carbonyl (C=O) groups is 1. The normalized spacial score (nSPS) is 20.9. The van der Waals surface area contributed by atoms with Crippen molar-refractivity contribution in [2.24, 2.45) is 4.99 Å². The van der Waals surface area contributed by atoms with E-state index in [4.69, 9.17) is 4.74 Å². The highest BCUT2D eigenvalue weighted by atomic mass is 127. The van der Waals surface area contributed by atoms with Crippen molar-refractivity contribution in [1.29, 1.82) is 0 Å². The minimum Gasteiger partial charge on any atom is -0.386 e. The van der Waals surface area contributed by atoms with Crippen LogP contribution in [-0.2, 0) is 9.53 Å². The number of aryl methyl sites for hydroxylation is 1. The predicted octanol–water partition coefficient (Wildman–Crippen LogP) is 1.94. The fraction of sp³-hybridized carbons (Fsp3) is 0.619. The third kappa shape index (κ3) is 6.55. The van der Waals surface area contributed by atoms with Crippen LogP contribution in [0.2, 0.25) is 0 Å². The molecule has 29 heavy (non-hydrogen) atoms. The smallest absolute Gasteiger partial charge is 0.251 e. The van der Waals surface area contributed by atoms with Gasteiger partial charge in [0.15, 0.2) is 5.96 Å². The van der Waals surface area contributed by atoms with Crippen molar-refractivity contribution in [2.45, 2.75) is 38.9 Å². The lowest BCUT2D eigenvalue weighted by Gasteiger charge is -2.37. The first-order valence-corrected chi connectivity index (χ1v) is 10.3. The molecule has 2 aliphatic rings. The fourth-order valence-corrected chi connectivity index (χ4v) is 3.61. The van der Waals surface area contributed by atoms with E-state index in [0.29, 0.717) is 26.2 Å². The second kappa shape index (κ2) is 11.7. The molecule has 7 nitrogen and oxygen atoms in total. The molecule has 2 N–H and O–H groups in total. The summed E-state index contributed by atoms with van der Waals surface area (Å²) in [5, 5.41) is 13.7. The van der Waals surface area contributed by atoms with E-state index >= 15 is 0 Å². The van der Waals surface area contributed by atoms with Crippen LogP contribution in [0.15, 0.2) is 29.3 Å². The molecule has 1 aromatic carbocycles. The van der Waals surface area contributed by atoms with Gasteiger partial charge in [0.1, 0.15) is 6.10 Å². The molecule has 0 bridgehead atoms. The van der Waals surface area contributed by atoms with Crippen molar-refractivity contribution in [3.63, 3.8) is 0 Å². The average Bonchev–Trinajstić information content (AvgIpc) is 3.26. The van der Waals surface area contributed by atoms with Crippen LogP contribution in [0.1, 0.15) is 37.0 Å². The highest BCUT2D eigenvalue weighted by Crippen LogP contribution is 2.17. The van der Waals surface area contributed by atoms with Gasteiger partial charge in [0.25, 0.3) is 5.91 Å². The fourth-order valence-electron chi connectivity index (χ4n) is 3.61. The summed E-state index contributed by atoms with van der Waals surface area (Å²) in [5.41, 5.74) is 2.04. The summed E-state index contributed by atoms with van der Waals surface area (Å²) in [6, 6.07) is 7.88. The minimum atomic E-state index is -0.628. The van der Waals surface area contributed by atoms with Crippen LogP contribution in [0.5, 0.6) is 0 Å². The van der Waals surface area contributed by atoms with Gasteiger partial charge in [0.2, 0.25) is 0 Å². The first-order valence-electron chi connectivity index (χ1n) is 10.3. The molecule has 0 aromatic heterocycles. The van der Waals surface area contributed by atoms with Crippen molar-refractivity contribution >= 4 is 35.8 Å². The highest BCUT2D eigenvalue weighted by molar-refractivity contribution is 14.0. The standard InChI is InChI=1S/C21H32N4O3.HI/c1-3-22-21(23-15-18(26)17-8-6-16(2)7-9-17)25-12-10-24(11-13-25)20(27)19-5-4-14-28-19;/h6-9,18-19,26H,3-5,10-15H2,1-2H3,(H,22,23);1H. The number of guanidine groups is 1. The molecule has 1 aromatic rings. The number of halogens is 1. The number of hydrogen-bond acceptors (Lipinski definition) is 4. The number of aliphatic hydroxyl groups excluding tert-OH is 1. The quantitative estimate of drug-likeness (QED) is 0.356. The second-order valence-electron chi connectivity index (χ2n) is 7.44. The van der Waals surface area contributed by atoms with E-state index in [1.165, 1.54) is 5.56 Å². The minimum absolute atomic E-state index is 0. The Bertz CT molecular complexity index is 669. The summed E-state index contributed by atoms with van der Waals surface area (Å²) in [4.78, 5) is 21.2. The summed E-state index contributed by atoms with van der Waals surface area (Å²) < 4.78 is 5.53. The Balaban J connectivity index is 0.00000300. The van der Waals surface area contributed by atoms with Gasteiger partial charge in [-0.1, -0.05) is 29.8 Å². The summed E-state index contributed by atoms with van der Waals surface area (Å²) in [5.74, 6) is 0.909. The van der Waals surface area contributed by atoms with Gasteiger partial charge in [-0.25, -0.2) is 0 Å². The molecule has 3 rings (SSSR count). The number of aliphatic imine (C=N–C) groups is 1. The van der Waals surface area contributed by atoms with Crippen LogP contribution in [0.25, 0.3) is 0 Å². The predicted molar refractivity (Wildman–Crippen MR) is 125 cm³/mol.